The van der Waals surface area contributed by atoms with Crippen LogP contribution in [-0.2, 0) is 12.3 Å². The number of hydrogen-bond acceptors (Lipinski definition) is 7. The molecule has 0 fully saturated rings. The second-order valence-electron chi connectivity index (χ2n) is 6.07. The van der Waals surface area contributed by atoms with Crippen molar-refractivity contribution in [2.45, 2.75) is 38.2 Å². The lowest BCUT2D eigenvalue weighted by atomic mass is 10.2. The number of hydrogen-bond donors (Lipinski definition) is 0. The van der Waals surface area contributed by atoms with Gasteiger partial charge in [-0.25, -0.2) is 4.98 Å². The molecule has 0 bridgehead atoms. The number of thioether (sulfide) groups is 1. The summed E-state index contributed by atoms with van der Waals surface area (Å²) in [4.78, 5) is 24.0. The normalized spacial score (nSPS) is 11.4. The quantitative estimate of drug-likeness (QED) is 0.366. The zero-order valence-electron chi connectivity index (χ0n) is 15.2. The highest BCUT2D eigenvalue weighted by Gasteiger charge is 2.17. The number of rotatable bonds is 5. The predicted molar refractivity (Wildman–Crippen MR) is 108 cm³/mol. The molecular weight excluding hydrogens is 380 g/mol. The Morgan fingerprint density at radius 1 is 1.19 bits per heavy atom. The summed E-state index contributed by atoms with van der Waals surface area (Å²) in [5.41, 5.74) is 1.95. The van der Waals surface area contributed by atoms with Gasteiger partial charge in [-0.15, -0.1) is 11.3 Å². The van der Waals surface area contributed by atoms with Gasteiger partial charge in [-0.05, 0) is 26.3 Å². The molecule has 0 radical (unpaired) electrons. The first-order valence-corrected chi connectivity index (χ1v) is 10.4. The van der Waals surface area contributed by atoms with Crippen molar-refractivity contribution in [2.24, 2.45) is 0 Å². The maximum atomic E-state index is 12.9. The fourth-order valence-corrected chi connectivity index (χ4v) is 4.81. The van der Waals surface area contributed by atoms with Gasteiger partial charge in [0, 0.05) is 17.0 Å². The number of aryl methyl sites for hydroxylation is 2. The zero-order valence-corrected chi connectivity index (χ0v) is 16.9. The van der Waals surface area contributed by atoms with E-state index in [1.807, 2.05) is 51.1 Å². The molecule has 0 atom stereocenters. The van der Waals surface area contributed by atoms with Gasteiger partial charge in [-0.3, -0.25) is 9.36 Å². The highest BCUT2D eigenvalue weighted by atomic mass is 32.2. The fraction of sp³-hybridized carbons (Fsp3) is 0.263. The Labute approximate surface area is 164 Å². The third-order valence-corrected chi connectivity index (χ3v) is 6.46. The van der Waals surface area contributed by atoms with E-state index in [1.54, 1.807) is 15.9 Å². The van der Waals surface area contributed by atoms with Gasteiger partial charge in [0.05, 0.1) is 11.1 Å². The van der Waals surface area contributed by atoms with Crippen LogP contribution in [-0.4, -0.2) is 19.7 Å². The minimum absolute atomic E-state index is 0.0161. The minimum Gasteiger partial charge on any atom is -0.338 e. The minimum atomic E-state index is 0.0161. The van der Waals surface area contributed by atoms with Crippen molar-refractivity contribution in [2.75, 3.05) is 0 Å². The van der Waals surface area contributed by atoms with Crippen LogP contribution < -0.4 is 5.56 Å². The van der Waals surface area contributed by atoms with Gasteiger partial charge in [0.2, 0.25) is 11.7 Å². The van der Waals surface area contributed by atoms with E-state index in [-0.39, 0.29) is 5.56 Å². The molecule has 0 saturated heterocycles. The lowest BCUT2D eigenvalue weighted by Gasteiger charge is -2.08. The summed E-state index contributed by atoms with van der Waals surface area (Å²) in [5.74, 6) is 1.53. The molecule has 3 aromatic heterocycles. The summed E-state index contributed by atoms with van der Waals surface area (Å²) in [5, 5.41) is 5.44. The topological polar surface area (TPSA) is 73.8 Å². The molecule has 4 rings (SSSR count). The predicted octanol–water partition coefficient (Wildman–Crippen LogP) is 4.44. The molecule has 0 aliphatic heterocycles. The van der Waals surface area contributed by atoms with Crippen LogP contribution in [0, 0.1) is 13.8 Å². The molecular formula is C19H18N4O2S2. The monoisotopic (exact) mass is 398 g/mol. The Balaban J connectivity index is 1.63. The molecule has 3 heterocycles. The molecule has 138 valence electrons. The average molecular weight is 399 g/mol. The summed E-state index contributed by atoms with van der Waals surface area (Å²) < 4.78 is 7.07. The number of nitrogens with zero attached hydrogens (tertiary/aromatic N) is 4. The van der Waals surface area contributed by atoms with E-state index in [9.17, 15) is 4.79 Å². The van der Waals surface area contributed by atoms with Crippen LogP contribution in [0.25, 0.3) is 21.6 Å². The molecule has 0 N–H and O–H groups in total. The summed E-state index contributed by atoms with van der Waals surface area (Å²) in [6.07, 6.45) is 0. The summed E-state index contributed by atoms with van der Waals surface area (Å²) in [6.45, 7) is 6.52. The number of thiophene rings is 1. The van der Waals surface area contributed by atoms with E-state index in [0.717, 1.165) is 26.2 Å². The van der Waals surface area contributed by atoms with Gasteiger partial charge >= 0.3 is 0 Å². The SMILES string of the molecule is CCn1c(SCc2nc(-c3ccccc3)no2)nc2sc(C)c(C)c2c1=O. The smallest absolute Gasteiger partial charge is 0.263 e. The Morgan fingerprint density at radius 2 is 1.96 bits per heavy atom. The first-order chi connectivity index (χ1) is 13.1. The number of benzene rings is 1. The first-order valence-electron chi connectivity index (χ1n) is 8.59. The van der Waals surface area contributed by atoms with E-state index in [2.05, 4.69) is 10.1 Å². The van der Waals surface area contributed by atoms with E-state index < -0.39 is 0 Å². The summed E-state index contributed by atoms with van der Waals surface area (Å²) >= 11 is 3.00. The molecule has 0 aliphatic rings. The Morgan fingerprint density at radius 3 is 2.70 bits per heavy atom. The average Bonchev–Trinajstić information content (AvgIpc) is 3.26. The number of fused-ring (bicyclic) bond motifs is 1. The van der Waals surface area contributed by atoms with Gasteiger partial charge in [-0.2, -0.15) is 4.98 Å². The highest BCUT2D eigenvalue weighted by molar-refractivity contribution is 7.98. The van der Waals surface area contributed by atoms with E-state index >= 15 is 0 Å². The highest BCUT2D eigenvalue weighted by Crippen LogP contribution is 2.29. The third-order valence-electron chi connectivity index (χ3n) is 4.39. The van der Waals surface area contributed by atoms with Crippen molar-refractivity contribution >= 4 is 33.3 Å². The fourth-order valence-electron chi connectivity index (χ4n) is 2.84. The first kappa shape index (κ1) is 17.9. The standard InChI is InChI=1S/C19H18N4O2S2/c1-4-23-18(24)15-11(2)12(3)27-17(15)21-19(23)26-10-14-20-16(22-25-14)13-8-6-5-7-9-13/h5-9H,4,10H2,1-3H3. The van der Waals surface area contributed by atoms with Crippen LogP contribution in [0.1, 0.15) is 23.3 Å². The van der Waals surface area contributed by atoms with Crippen LogP contribution >= 0.6 is 23.1 Å². The van der Waals surface area contributed by atoms with Crippen LogP contribution in [0.2, 0.25) is 0 Å². The van der Waals surface area contributed by atoms with Crippen LogP contribution in [0.15, 0.2) is 44.8 Å². The van der Waals surface area contributed by atoms with Gasteiger partial charge < -0.3 is 4.52 Å². The maximum Gasteiger partial charge on any atom is 0.263 e. The van der Waals surface area contributed by atoms with Crippen molar-refractivity contribution in [3.8, 4) is 11.4 Å². The lowest BCUT2D eigenvalue weighted by molar-refractivity contribution is 0.391. The molecule has 1 aromatic carbocycles. The van der Waals surface area contributed by atoms with Crippen molar-refractivity contribution in [3.05, 3.63) is 57.0 Å². The maximum absolute atomic E-state index is 12.9. The molecule has 0 aliphatic carbocycles. The molecule has 4 aromatic rings. The summed E-state index contributed by atoms with van der Waals surface area (Å²) in [7, 11) is 0. The second-order valence-corrected chi connectivity index (χ2v) is 8.22. The van der Waals surface area contributed by atoms with Gasteiger partial charge in [0.25, 0.3) is 5.56 Å². The summed E-state index contributed by atoms with van der Waals surface area (Å²) in [6, 6.07) is 9.69. The van der Waals surface area contributed by atoms with Crippen molar-refractivity contribution < 1.29 is 4.52 Å². The van der Waals surface area contributed by atoms with E-state index in [1.165, 1.54) is 11.8 Å². The van der Waals surface area contributed by atoms with Crippen LogP contribution in [0.5, 0.6) is 0 Å². The van der Waals surface area contributed by atoms with Crippen molar-refractivity contribution in [1.82, 2.24) is 19.7 Å². The molecule has 0 saturated carbocycles. The molecule has 8 heteroatoms. The van der Waals surface area contributed by atoms with E-state index in [0.29, 0.717) is 29.2 Å². The Bertz CT molecular complexity index is 1160. The molecule has 0 unspecified atom stereocenters. The lowest BCUT2D eigenvalue weighted by Crippen LogP contribution is -2.22. The molecule has 27 heavy (non-hydrogen) atoms. The largest absolute Gasteiger partial charge is 0.338 e. The van der Waals surface area contributed by atoms with Crippen molar-refractivity contribution in [1.29, 1.82) is 0 Å². The van der Waals surface area contributed by atoms with Crippen LogP contribution in [0.4, 0.5) is 0 Å². The zero-order chi connectivity index (χ0) is 19.0. The van der Waals surface area contributed by atoms with Crippen molar-refractivity contribution in [3.63, 3.8) is 0 Å². The van der Waals surface area contributed by atoms with Gasteiger partial charge in [-0.1, -0.05) is 47.3 Å². The molecule has 0 amide bonds. The van der Waals surface area contributed by atoms with Crippen LogP contribution in [0.3, 0.4) is 0 Å². The van der Waals surface area contributed by atoms with Gasteiger partial charge in [0.15, 0.2) is 5.16 Å². The molecule has 6 nitrogen and oxygen atoms in total. The van der Waals surface area contributed by atoms with Gasteiger partial charge in [0.1, 0.15) is 4.83 Å². The van der Waals surface area contributed by atoms with E-state index in [4.69, 9.17) is 9.51 Å². The number of aromatic nitrogens is 4. The Hall–Kier alpha value is -2.45. The second kappa shape index (κ2) is 7.28. The third kappa shape index (κ3) is 3.30. The molecule has 0 spiro atoms. The Kier molecular flexibility index (Phi) is 4.84.